The van der Waals surface area contributed by atoms with Gasteiger partial charge in [0.1, 0.15) is 6.04 Å². The Balaban J connectivity index is 2.16. The maximum Gasteiger partial charge on any atom is 0.435 e. The number of hydrogen-bond donors (Lipinski definition) is 0. The summed E-state index contributed by atoms with van der Waals surface area (Å²) in [5.74, 6) is -0.321. The molecule has 2 aromatic rings. The third-order valence-corrected chi connectivity index (χ3v) is 3.82. The lowest BCUT2D eigenvalue weighted by molar-refractivity contribution is -0.142. The normalized spacial score (nSPS) is 13.1. The number of carbonyl (C=O) groups excluding carboxylic acids is 1. The van der Waals surface area contributed by atoms with E-state index < -0.39 is 17.9 Å². The van der Waals surface area contributed by atoms with Crippen LogP contribution in [0.2, 0.25) is 0 Å². The zero-order valence-electron chi connectivity index (χ0n) is 14.0. The van der Waals surface area contributed by atoms with Crippen LogP contribution in [0.4, 0.5) is 13.2 Å². The van der Waals surface area contributed by atoms with E-state index in [4.69, 9.17) is 0 Å². The van der Waals surface area contributed by atoms with Crippen molar-refractivity contribution in [2.75, 3.05) is 7.05 Å². The molecule has 0 bridgehead atoms. The first-order valence-electron chi connectivity index (χ1n) is 7.54. The van der Waals surface area contributed by atoms with Crippen molar-refractivity contribution in [3.8, 4) is 0 Å². The van der Waals surface area contributed by atoms with E-state index in [-0.39, 0.29) is 11.6 Å². The van der Waals surface area contributed by atoms with Gasteiger partial charge in [-0.3, -0.25) is 14.2 Å². The number of halogens is 3. The predicted octanol–water partition coefficient (Wildman–Crippen LogP) is 2.65. The summed E-state index contributed by atoms with van der Waals surface area (Å²) in [6, 6.07) is 1.92. The van der Waals surface area contributed by atoms with E-state index in [9.17, 15) is 18.0 Å². The monoisotopic (exact) mass is 343 g/mol. The molecule has 0 spiro atoms. The van der Waals surface area contributed by atoms with Gasteiger partial charge in [0.15, 0.2) is 5.69 Å². The van der Waals surface area contributed by atoms with Crippen LogP contribution in [0.25, 0.3) is 0 Å². The molecule has 0 aliphatic heterocycles. The van der Waals surface area contributed by atoms with Crippen LogP contribution in [0.1, 0.15) is 37.0 Å². The van der Waals surface area contributed by atoms with Gasteiger partial charge < -0.3 is 4.90 Å². The van der Waals surface area contributed by atoms with Crippen molar-refractivity contribution in [2.45, 2.75) is 46.1 Å². The Morgan fingerprint density at radius 1 is 1.42 bits per heavy atom. The lowest BCUT2D eigenvalue weighted by Crippen LogP contribution is -2.34. The average molecular weight is 343 g/mol. The molecule has 0 N–H and O–H groups in total. The minimum absolute atomic E-state index is 0.287. The number of alkyl halides is 3. The Bertz CT molecular complexity index is 719. The van der Waals surface area contributed by atoms with Crippen LogP contribution >= 0.6 is 0 Å². The molecule has 0 saturated heterocycles. The molecule has 1 unspecified atom stereocenters. The number of aromatic nitrogens is 4. The van der Waals surface area contributed by atoms with Gasteiger partial charge in [0.2, 0.25) is 5.91 Å². The molecule has 24 heavy (non-hydrogen) atoms. The summed E-state index contributed by atoms with van der Waals surface area (Å²) < 4.78 is 41.1. The van der Waals surface area contributed by atoms with E-state index in [2.05, 4.69) is 10.2 Å². The quantitative estimate of drug-likeness (QED) is 0.839. The highest BCUT2D eigenvalue weighted by molar-refractivity contribution is 5.79. The summed E-state index contributed by atoms with van der Waals surface area (Å²) in [6.07, 6.45) is -2.88. The van der Waals surface area contributed by atoms with Gasteiger partial charge >= 0.3 is 6.18 Å². The fourth-order valence-electron chi connectivity index (χ4n) is 2.54. The van der Waals surface area contributed by atoms with Gasteiger partial charge in [0.05, 0.1) is 12.2 Å². The molecule has 132 valence electrons. The lowest BCUT2D eigenvalue weighted by Gasteiger charge is -2.22. The first kappa shape index (κ1) is 18.0. The average Bonchev–Trinajstić information content (AvgIpc) is 3.11. The standard InChI is InChI=1S/C15H20F3N5O/c1-5-22-12(6-7-19-22)9-21(4)14(24)11(3)23-10(2)8-13(20-23)15(16,17)18/h6-8,11H,5,9H2,1-4H3. The molecule has 6 nitrogen and oxygen atoms in total. The van der Waals surface area contributed by atoms with Crippen LogP contribution in [-0.4, -0.2) is 37.4 Å². The van der Waals surface area contributed by atoms with E-state index in [1.165, 1.54) is 18.7 Å². The van der Waals surface area contributed by atoms with Crippen LogP contribution in [0.15, 0.2) is 18.3 Å². The molecule has 2 rings (SSSR count). The third-order valence-electron chi connectivity index (χ3n) is 3.82. The summed E-state index contributed by atoms with van der Waals surface area (Å²) in [7, 11) is 1.61. The molecule has 1 atom stereocenters. The molecular weight excluding hydrogens is 323 g/mol. The van der Waals surface area contributed by atoms with E-state index in [1.807, 2.05) is 6.92 Å². The number of amides is 1. The topological polar surface area (TPSA) is 56.0 Å². The minimum Gasteiger partial charge on any atom is -0.338 e. The molecule has 0 aromatic carbocycles. The molecule has 0 fully saturated rings. The smallest absolute Gasteiger partial charge is 0.338 e. The van der Waals surface area contributed by atoms with Crippen LogP contribution in [0.3, 0.4) is 0 Å². The van der Waals surface area contributed by atoms with E-state index in [0.717, 1.165) is 16.4 Å². The van der Waals surface area contributed by atoms with Crippen LogP contribution in [-0.2, 0) is 24.1 Å². The van der Waals surface area contributed by atoms with Crippen molar-refractivity contribution >= 4 is 5.91 Å². The van der Waals surface area contributed by atoms with Gasteiger partial charge in [-0.05, 0) is 32.9 Å². The zero-order chi connectivity index (χ0) is 18.1. The van der Waals surface area contributed by atoms with Crippen LogP contribution < -0.4 is 0 Å². The van der Waals surface area contributed by atoms with Gasteiger partial charge in [-0.15, -0.1) is 0 Å². The van der Waals surface area contributed by atoms with Gasteiger partial charge in [0, 0.05) is 25.5 Å². The van der Waals surface area contributed by atoms with Crippen molar-refractivity contribution in [2.24, 2.45) is 0 Å². The number of hydrogen-bond acceptors (Lipinski definition) is 3. The maximum atomic E-state index is 12.8. The number of rotatable bonds is 5. The van der Waals surface area contributed by atoms with Crippen LogP contribution in [0.5, 0.6) is 0 Å². The number of nitrogens with zero attached hydrogens (tertiary/aromatic N) is 5. The second-order valence-corrected chi connectivity index (χ2v) is 5.62. The van der Waals surface area contributed by atoms with Gasteiger partial charge in [-0.1, -0.05) is 0 Å². The number of likely N-dealkylation sites (N-methyl/N-ethyl adjacent to an activating group) is 1. The highest BCUT2D eigenvalue weighted by atomic mass is 19.4. The molecular formula is C15H20F3N5O. The molecule has 0 aliphatic rings. The first-order chi connectivity index (χ1) is 11.1. The van der Waals surface area contributed by atoms with Gasteiger partial charge in [-0.2, -0.15) is 23.4 Å². The first-order valence-corrected chi connectivity index (χ1v) is 7.54. The summed E-state index contributed by atoms with van der Waals surface area (Å²) >= 11 is 0. The molecule has 2 heterocycles. The summed E-state index contributed by atoms with van der Waals surface area (Å²) in [5.41, 5.74) is 0.148. The second-order valence-electron chi connectivity index (χ2n) is 5.62. The third kappa shape index (κ3) is 3.60. The second kappa shape index (κ2) is 6.66. The molecule has 0 aliphatic carbocycles. The largest absolute Gasteiger partial charge is 0.435 e. The number of aryl methyl sites for hydroxylation is 2. The Hall–Kier alpha value is -2.32. The molecule has 9 heteroatoms. The van der Waals surface area contributed by atoms with Crippen molar-refractivity contribution in [3.63, 3.8) is 0 Å². The van der Waals surface area contributed by atoms with Crippen molar-refractivity contribution in [3.05, 3.63) is 35.4 Å². The van der Waals surface area contributed by atoms with Crippen molar-refractivity contribution in [1.82, 2.24) is 24.5 Å². The zero-order valence-corrected chi connectivity index (χ0v) is 14.0. The van der Waals surface area contributed by atoms with E-state index in [1.54, 1.807) is 24.0 Å². The van der Waals surface area contributed by atoms with Crippen LogP contribution in [0, 0.1) is 6.92 Å². The SMILES string of the molecule is CCn1nccc1CN(C)C(=O)C(C)n1nc(C(F)(F)F)cc1C. The Morgan fingerprint density at radius 2 is 2.08 bits per heavy atom. The molecule has 1 amide bonds. The molecule has 0 radical (unpaired) electrons. The van der Waals surface area contributed by atoms with Gasteiger partial charge in [0.25, 0.3) is 0 Å². The molecule has 2 aromatic heterocycles. The number of carbonyl (C=O) groups is 1. The van der Waals surface area contributed by atoms with Gasteiger partial charge in [-0.25, -0.2) is 0 Å². The highest BCUT2D eigenvalue weighted by Crippen LogP contribution is 2.29. The maximum absolute atomic E-state index is 12.8. The minimum atomic E-state index is -4.53. The summed E-state index contributed by atoms with van der Waals surface area (Å²) in [6.45, 7) is 5.97. The molecule has 0 saturated carbocycles. The van der Waals surface area contributed by atoms with E-state index in [0.29, 0.717) is 13.1 Å². The Kier molecular flexibility index (Phi) is 5.00. The fraction of sp³-hybridized carbons (Fsp3) is 0.533. The van der Waals surface area contributed by atoms with Crippen molar-refractivity contribution < 1.29 is 18.0 Å². The highest BCUT2D eigenvalue weighted by Gasteiger charge is 2.35. The van der Waals surface area contributed by atoms with E-state index >= 15 is 0 Å². The van der Waals surface area contributed by atoms with Crippen molar-refractivity contribution in [1.29, 1.82) is 0 Å². The summed E-state index contributed by atoms with van der Waals surface area (Å²) in [5, 5.41) is 7.67. The lowest BCUT2D eigenvalue weighted by atomic mass is 10.2. The predicted molar refractivity (Wildman–Crippen MR) is 81.1 cm³/mol. The Labute approximate surface area is 137 Å². The Morgan fingerprint density at radius 3 is 2.62 bits per heavy atom. The fourth-order valence-corrected chi connectivity index (χ4v) is 2.54. The summed E-state index contributed by atoms with van der Waals surface area (Å²) in [4.78, 5) is 14.0.